The molecule has 3 N–H and O–H groups in total. The number of aliphatic hydroxyl groups excluding tert-OH is 1. The molecule has 11 heteroatoms. The average Bonchev–Trinajstić information content (AvgIpc) is 3.31. The van der Waals surface area contributed by atoms with Gasteiger partial charge in [-0.05, 0) is 36.4 Å². The van der Waals surface area contributed by atoms with Crippen molar-refractivity contribution in [2.75, 3.05) is 5.73 Å². The lowest BCUT2D eigenvalue weighted by atomic mass is 10.0. The van der Waals surface area contributed by atoms with Gasteiger partial charge in [0.25, 0.3) is 0 Å². The molecule has 0 aliphatic rings. The molecule has 5 rings (SSSR count). The second kappa shape index (κ2) is 8.27. The number of nitriles is 1. The van der Waals surface area contributed by atoms with Crippen LogP contribution in [-0.2, 0) is 0 Å². The number of benzene rings is 2. The molecular weight excluding hydrogens is 442 g/mol. The molecule has 0 fully saturated rings. The fourth-order valence-electron chi connectivity index (χ4n) is 3.55. The number of nitrogen functional groups attached to an aromatic ring is 1. The predicted octanol–water partition coefficient (Wildman–Crippen LogP) is 3.06. The average molecular weight is 456 g/mol. The molecule has 0 bridgehead atoms. The molecule has 1 unspecified atom stereocenters. The van der Waals surface area contributed by atoms with Crippen LogP contribution in [0.3, 0.4) is 0 Å². The first-order valence-electron chi connectivity index (χ1n) is 9.92. The lowest BCUT2D eigenvalue weighted by Crippen LogP contribution is -2.07. The Morgan fingerprint density at radius 2 is 1.94 bits per heavy atom. The van der Waals surface area contributed by atoms with E-state index < -0.39 is 17.7 Å². The van der Waals surface area contributed by atoms with Gasteiger partial charge in [-0.2, -0.15) is 5.26 Å². The van der Waals surface area contributed by atoms with Crippen LogP contribution in [0.15, 0.2) is 61.1 Å². The van der Waals surface area contributed by atoms with Gasteiger partial charge in [-0.3, -0.25) is 0 Å². The first-order chi connectivity index (χ1) is 16.5. The number of hydrogen-bond donors (Lipinski definition) is 2. The number of anilines is 1. The SMILES string of the molecule is N#Cc1cccc(-c2nc(N)c3nc(C(O)c4cc(F)ccc4F)nn3c2-c2ccncn2)c1. The lowest BCUT2D eigenvalue weighted by molar-refractivity contribution is 0.204. The third-order valence-corrected chi connectivity index (χ3v) is 5.11. The van der Waals surface area contributed by atoms with E-state index >= 15 is 0 Å². The zero-order chi connectivity index (χ0) is 23.8. The fourth-order valence-corrected chi connectivity index (χ4v) is 3.55. The maximum absolute atomic E-state index is 14.3. The molecule has 3 heterocycles. The van der Waals surface area contributed by atoms with Gasteiger partial charge in [0.05, 0.1) is 17.3 Å². The summed E-state index contributed by atoms with van der Waals surface area (Å²) in [7, 11) is 0. The van der Waals surface area contributed by atoms with E-state index in [0.717, 1.165) is 18.2 Å². The van der Waals surface area contributed by atoms with Crippen LogP contribution in [0.2, 0.25) is 0 Å². The van der Waals surface area contributed by atoms with Crippen LogP contribution in [-0.4, -0.2) is 34.7 Å². The van der Waals surface area contributed by atoms with Gasteiger partial charge in [0.1, 0.15) is 35.5 Å². The summed E-state index contributed by atoms with van der Waals surface area (Å²) in [6.07, 6.45) is 1.19. The molecule has 2 aromatic carbocycles. The third-order valence-electron chi connectivity index (χ3n) is 5.11. The van der Waals surface area contributed by atoms with Crippen LogP contribution < -0.4 is 5.73 Å². The Morgan fingerprint density at radius 1 is 1.09 bits per heavy atom. The highest BCUT2D eigenvalue weighted by Crippen LogP contribution is 2.33. The highest BCUT2D eigenvalue weighted by Gasteiger charge is 2.25. The molecule has 0 saturated heterocycles. The monoisotopic (exact) mass is 456 g/mol. The van der Waals surface area contributed by atoms with Crippen molar-refractivity contribution < 1.29 is 13.9 Å². The number of hydrogen-bond acceptors (Lipinski definition) is 8. The molecule has 5 aromatic rings. The Bertz CT molecular complexity index is 1580. The highest BCUT2D eigenvalue weighted by atomic mass is 19.1. The van der Waals surface area contributed by atoms with Crippen molar-refractivity contribution in [2.24, 2.45) is 0 Å². The van der Waals surface area contributed by atoms with Crippen molar-refractivity contribution in [3.63, 3.8) is 0 Å². The Labute approximate surface area is 190 Å². The maximum atomic E-state index is 14.3. The summed E-state index contributed by atoms with van der Waals surface area (Å²) in [5.74, 6) is -1.78. The third kappa shape index (κ3) is 3.58. The van der Waals surface area contributed by atoms with Gasteiger partial charge in [0.15, 0.2) is 17.3 Å². The molecule has 166 valence electrons. The normalized spacial score (nSPS) is 11.9. The summed E-state index contributed by atoms with van der Waals surface area (Å²) in [6.45, 7) is 0. The van der Waals surface area contributed by atoms with Gasteiger partial charge >= 0.3 is 0 Å². The second-order valence-electron chi connectivity index (χ2n) is 7.26. The van der Waals surface area contributed by atoms with E-state index in [1.807, 2.05) is 0 Å². The number of fused-ring (bicyclic) bond motifs is 1. The van der Waals surface area contributed by atoms with E-state index in [1.165, 1.54) is 17.0 Å². The van der Waals surface area contributed by atoms with Crippen molar-refractivity contribution in [3.8, 4) is 28.7 Å². The van der Waals surface area contributed by atoms with Gasteiger partial charge < -0.3 is 10.8 Å². The topological polar surface area (TPSA) is 139 Å². The lowest BCUT2D eigenvalue weighted by Gasteiger charge is -2.12. The second-order valence-corrected chi connectivity index (χ2v) is 7.26. The molecule has 0 saturated carbocycles. The van der Waals surface area contributed by atoms with Gasteiger partial charge in [0, 0.05) is 17.3 Å². The Balaban J connectivity index is 1.78. The number of rotatable bonds is 4. The molecule has 1 atom stereocenters. The number of nitrogens with two attached hydrogens (primary N) is 1. The minimum Gasteiger partial charge on any atom is -0.381 e. The number of aromatic nitrogens is 6. The predicted molar refractivity (Wildman–Crippen MR) is 117 cm³/mol. The van der Waals surface area contributed by atoms with E-state index in [1.54, 1.807) is 30.3 Å². The van der Waals surface area contributed by atoms with Gasteiger partial charge in [0.2, 0.25) is 0 Å². The summed E-state index contributed by atoms with van der Waals surface area (Å²) in [5, 5.41) is 24.4. The smallest absolute Gasteiger partial charge is 0.199 e. The van der Waals surface area contributed by atoms with Crippen LogP contribution in [0.1, 0.15) is 23.1 Å². The number of aliphatic hydroxyl groups is 1. The summed E-state index contributed by atoms with van der Waals surface area (Å²) in [4.78, 5) is 16.9. The first kappa shape index (κ1) is 21.0. The van der Waals surface area contributed by atoms with E-state index in [-0.39, 0.29) is 22.9 Å². The molecule has 0 spiro atoms. The molecule has 0 aliphatic carbocycles. The summed E-state index contributed by atoms with van der Waals surface area (Å²) >= 11 is 0. The van der Waals surface area contributed by atoms with Gasteiger partial charge in [-0.1, -0.05) is 12.1 Å². The molecule has 3 aromatic heterocycles. The minimum absolute atomic E-state index is 0.0270. The van der Waals surface area contributed by atoms with Crippen molar-refractivity contribution >= 4 is 11.5 Å². The molecule has 9 nitrogen and oxygen atoms in total. The first-order valence-corrected chi connectivity index (χ1v) is 9.92. The van der Waals surface area contributed by atoms with Gasteiger partial charge in [-0.15, -0.1) is 5.10 Å². The van der Waals surface area contributed by atoms with Crippen LogP contribution in [0, 0.1) is 23.0 Å². The van der Waals surface area contributed by atoms with Crippen molar-refractivity contribution in [2.45, 2.75) is 6.10 Å². The zero-order valence-electron chi connectivity index (χ0n) is 17.3. The Hall–Kier alpha value is -4.82. The molecular formula is C23H14F2N8O. The summed E-state index contributed by atoms with van der Waals surface area (Å²) in [5.41, 5.74) is 8.01. The zero-order valence-corrected chi connectivity index (χ0v) is 17.3. The van der Waals surface area contributed by atoms with E-state index in [2.05, 4.69) is 31.1 Å². The summed E-state index contributed by atoms with van der Waals surface area (Å²) < 4.78 is 29.3. The van der Waals surface area contributed by atoms with E-state index in [9.17, 15) is 19.1 Å². The van der Waals surface area contributed by atoms with E-state index in [4.69, 9.17) is 5.73 Å². The van der Waals surface area contributed by atoms with Crippen LogP contribution >= 0.6 is 0 Å². The van der Waals surface area contributed by atoms with Crippen LogP contribution in [0.4, 0.5) is 14.6 Å². The number of nitrogens with zero attached hydrogens (tertiary/aromatic N) is 7. The van der Waals surface area contributed by atoms with Gasteiger partial charge in [-0.25, -0.2) is 33.2 Å². The maximum Gasteiger partial charge on any atom is 0.199 e. The molecule has 0 radical (unpaired) electrons. The van der Waals surface area contributed by atoms with Crippen molar-refractivity contribution in [1.82, 2.24) is 29.5 Å². The summed E-state index contributed by atoms with van der Waals surface area (Å²) in [6, 6.07) is 13.1. The fraction of sp³-hybridized carbons (Fsp3) is 0.0435. The molecule has 0 aliphatic heterocycles. The van der Waals surface area contributed by atoms with Crippen molar-refractivity contribution in [3.05, 3.63) is 89.6 Å². The van der Waals surface area contributed by atoms with E-state index in [0.29, 0.717) is 28.2 Å². The van der Waals surface area contributed by atoms with Crippen LogP contribution in [0.25, 0.3) is 28.3 Å². The Morgan fingerprint density at radius 3 is 2.71 bits per heavy atom. The molecule has 0 amide bonds. The number of halogens is 2. The van der Waals surface area contributed by atoms with Crippen molar-refractivity contribution in [1.29, 1.82) is 5.26 Å². The quantitative estimate of drug-likeness (QED) is 0.421. The largest absolute Gasteiger partial charge is 0.381 e. The molecule has 34 heavy (non-hydrogen) atoms. The Kier molecular flexibility index (Phi) is 5.12. The minimum atomic E-state index is -1.67. The standard InChI is InChI=1S/C23H14F2N8O/c24-14-4-5-16(25)15(9-14)20(34)22-31-23-21(27)30-18(13-3-1-2-12(8-13)10-26)19(33(23)32-22)17-6-7-28-11-29-17/h1-9,11,20,34H,(H2,27,30). The van der Waals surface area contributed by atoms with Crippen LogP contribution in [0.5, 0.6) is 0 Å². The highest BCUT2D eigenvalue weighted by molar-refractivity contribution is 5.81.